The Morgan fingerprint density at radius 1 is 1.32 bits per heavy atom. The van der Waals surface area contributed by atoms with Gasteiger partial charge in [-0.15, -0.1) is 0 Å². The summed E-state index contributed by atoms with van der Waals surface area (Å²) in [4.78, 5) is 12.6. The second-order valence-electron chi connectivity index (χ2n) is 6.68. The molecule has 2 aromatic rings. The standard InChI is InChI=1S/C20H22ClNO3/c1-13(2)25-18-8-7-15(21)11-16(18)19(23)22-12-20(24)10-9-14-5-3-4-6-17(14)20/h3-8,11,13,24H,9-10,12H2,1-2H3,(H,22,23)/t20-/m0/s1. The molecule has 0 fully saturated rings. The smallest absolute Gasteiger partial charge is 0.255 e. The molecular weight excluding hydrogens is 338 g/mol. The Labute approximate surface area is 152 Å². The second-order valence-corrected chi connectivity index (χ2v) is 7.11. The van der Waals surface area contributed by atoms with Crippen LogP contribution < -0.4 is 10.1 Å². The van der Waals surface area contributed by atoms with Crippen molar-refractivity contribution in [3.8, 4) is 5.75 Å². The molecule has 1 aliphatic rings. The highest BCUT2D eigenvalue weighted by Crippen LogP contribution is 2.36. The van der Waals surface area contributed by atoms with E-state index in [4.69, 9.17) is 16.3 Å². The van der Waals surface area contributed by atoms with E-state index in [-0.39, 0.29) is 18.6 Å². The Morgan fingerprint density at radius 3 is 2.84 bits per heavy atom. The van der Waals surface area contributed by atoms with Crippen LogP contribution in [0.2, 0.25) is 5.02 Å². The van der Waals surface area contributed by atoms with Gasteiger partial charge < -0.3 is 15.2 Å². The predicted molar refractivity (Wildman–Crippen MR) is 98.2 cm³/mol. The summed E-state index contributed by atoms with van der Waals surface area (Å²) >= 11 is 6.03. The highest BCUT2D eigenvalue weighted by molar-refractivity contribution is 6.31. The fourth-order valence-electron chi connectivity index (χ4n) is 3.21. The van der Waals surface area contributed by atoms with Gasteiger partial charge in [-0.3, -0.25) is 4.79 Å². The van der Waals surface area contributed by atoms with Crippen molar-refractivity contribution < 1.29 is 14.6 Å². The zero-order valence-corrected chi connectivity index (χ0v) is 15.1. The quantitative estimate of drug-likeness (QED) is 0.856. The van der Waals surface area contributed by atoms with Crippen LogP contribution in [0, 0.1) is 0 Å². The van der Waals surface area contributed by atoms with Crippen LogP contribution in [-0.4, -0.2) is 23.7 Å². The molecule has 0 heterocycles. The number of fused-ring (bicyclic) bond motifs is 1. The second kappa shape index (κ2) is 7.06. The van der Waals surface area contributed by atoms with Crippen LogP contribution in [0.4, 0.5) is 0 Å². The third-order valence-electron chi connectivity index (χ3n) is 4.42. The highest BCUT2D eigenvalue weighted by atomic mass is 35.5. The van der Waals surface area contributed by atoms with Crippen molar-refractivity contribution in [3.05, 3.63) is 64.2 Å². The van der Waals surface area contributed by atoms with Gasteiger partial charge in [-0.2, -0.15) is 0 Å². The van der Waals surface area contributed by atoms with Crippen molar-refractivity contribution in [2.24, 2.45) is 0 Å². The molecule has 25 heavy (non-hydrogen) atoms. The molecule has 0 unspecified atom stereocenters. The lowest BCUT2D eigenvalue weighted by Crippen LogP contribution is -2.39. The first-order chi connectivity index (χ1) is 11.9. The molecule has 3 rings (SSSR count). The minimum Gasteiger partial charge on any atom is -0.490 e. The molecule has 4 nitrogen and oxygen atoms in total. The van der Waals surface area contributed by atoms with Crippen molar-refractivity contribution in [2.45, 2.75) is 38.4 Å². The van der Waals surface area contributed by atoms with E-state index in [1.165, 1.54) is 0 Å². The fraction of sp³-hybridized carbons (Fsp3) is 0.350. The lowest BCUT2D eigenvalue weighted by molar-refractivity contribution is 0.0368. The minimum atomic E-state index is -1.04. The van der Waals surface area contributed by atoms with Crippen LogP contribution in [0.1, 0.15) is 41.8 Å². The summed E-state index contributed by atoms with van der Waals surface area (Å²) in [6.45, 7) is 3.94. The Kier molecular flexibility index (Phi) is 5.02. The first-order valence-electron chi connectivity index (χ1n) is 8.44. The van der Waals surface area contributed by atoms with E-state index in [0.29, 0.717) is 22.8 Å². The van der Waals surface area contributed by atoms with Crippen LogP contribution in [-0.2, 0) is 12.0 Å². The predicted octanol–water partition coefficient (Wildman–Crippen LogP) is 3.69. The van der Waals surface area contributed by atoms with Crippen LogP contribution in [0.5, 0.6) is 5.75 Å². The number of ether oxygens (including phenoxy) is 1. The molecule has 2 N–H and O–H groups in total. The summed E-state index contributed by atoms with van der Waals surface area (Å²) in [5, 5.41) is 14.2. The van der Waals surface area contributed by atoms with Gasteiger partial charge in [-0.25, -0.2) is 0 Å². The molecule has 1 amide bonds. The van der Waals surface area contributed by atoms with Crippen molar-refractivity contribution in [1.29, 1.82) is 0 Å². The normalized spacial score (nSPS) is 18.9. The molecular formula is C20H22ClNO3. The van der Waals surface area contributed by atoms with Crippen molar-refractivity contribution in [3.63, 3.8) is 0 Å². The third-order valence-corrected chi connectivity index (χ3v) is 4.65. The average Bonchev–Trinajstić information content (AvgIpc) is 2.92. The van der Waals surface area contributed by atoms with Gasteiger partial charge in [0, 0.05) is 5.02 Å². The van der Waals surface area contributed by atoms with Crippen LogP contribution >= 0.6 is 11.6 Å². The molecule has 0 saturated heterocycles. The molecule has 1 atom stereocenters. The SMILES string of the molecule is CC(C)Oc1ccc(Cl)cc1C(=O)NC[C@@]1(O)CCc2ccccc21. The van der Waals surface area contributed by atoms with E-state index >= 15 is 0 Å². The maximum atomic E-state index is 12.6. The van der Waals surface area contributed by atoms with Gasteiger partial charge in [0.25, 0.3) is 5.91 Å². The maximum Gasteiger partial charge on any atom is 0.255 e. The maximum absolute atomic E-state index is 12.6. The van der Waals surface area contributed by atoms with E-state index in [1.54, 1.807) is 18.2 Å². The lowest BCUT2D eigenvalue weighted by Gasteiger charge is -2.25. The molecule has 0 saturated carbocycles. The Bertz CT molecular complexity index is 790. The zero-order valence-electron chi connectivity index (χ0n) is 14.4. The molecule has 0 radical (unpaired) electrons. The summed E-state index contributed by atoms with van der Waals surface area (Å²) in [5.41, 5.74) is 1.35. The Morgan fingerprint density at radius 2 is 2.08 bits per heavy atom. The van der Waals surface area contributed by atoms with E-state index in [9.17, 15) is 9.90 Å². The number of carbonyl (C=O) groups excluding carboxylic acids is 1. The summed E-state index contributed by atoms with van der Waals surface area (Å²) in [6.07, 6.45) is 1.34. The molecule has 0 bridgehead atoms. The number of benzene rings is 2. The van der Waals surface area contributed by atoms with Gasteiger partial charge in [0.1, 0.15) is 11.4 Å². The number of hydrogen-bond acceptors (Lipinski definition) is 3. The zero-order chi connectivity index (χ0) is 18.0. The number of hydrogen-bond donors (Lipinski definition) is 2. The number of amides is 1. The van der Waals surface area contributed by atoms with E-state index in [2.05, 4.69) is 5.32 Å². The number of carbonyl (C=O) groups is 1. The topological polar surface area (TPSA) is 58.6 Å². The first-order valence-corrected chi connectivity index (χ1v) is 8.82. The summed E-state index contributed by atoms with van der Waals surface area (Å²) in [5.74, 6) is 0.173. The molecule has 132 valence electrons. The van der Waals surface area contributed by atoms with E-state index < -0.39 is 5.60 Å². The monoisotopic (exact) mass is 359 g/mol. The lowest BCUT2D eigenvalue weighted by atomic mass is 9.96. The third kappa shape index (κ3) is 3.80. The molecule has 0 spiro atoms. The van der Waals surface area contributed by atoms with E-state index in [1.807, 2.05) is 38.1 Å². The van der Waals surface area contributed by atoms with Gasteiger partial charge in [-0.05, 0) is 56.0 Å². The van der Waals surface area contributed by atoms with Gasteiger partial charge >= 0.3 is 0 Å². The number of aryl methyl sites for hydroxylation is 1. The molecule has 1 aliphatic carbocycles. The Balaban J connectivity index is 1.77. The summed E-state index contributed by atoms with van der Waals surface area (Å²) in [6, 6.07) is 12.8. The number of aliphatic hydroxyl groups is 1. The van der Waals surface area contributed by atoms with Crippen LogP contribution in [0.25, 0.3) is 0 Å². The van der Waals surface area contributed by atoms with Crippen molar-refractivity contribution in [1.82, 2.24) is 5.32 Å². The first kappa shape index (κ1) is 17.8. The minimum absolute atomic E-state index is 0.0568. The van der Waals surface area contributed by atoms with Crippen molar-refractivity contribution >= 4 is 17.5 Å². The van der Waals surface area contributed by atoms with Crippen LogP contribution in [0.15, 0.2) is 42.5 Å². The van der Waals surface area contributed by atoms with Gasteiger partial charge in [-0.1, -0.05) is 35.9 Å². The molecule has 0 aliphatic heterocycles. The number of rotatable bonds is 5. The largest absolute Gasteiger partial charge is 0.490 e. The molecule has 2 aromatic carbocycles. The molecule has 0 aromatic heterocycles. The Hall–Kier alpha value is -2.04. The van der Waals surface area contributed by atoms with Crippen molar-refractivity contribution in [2.75, 3.05) is 6.54 Å². The van der Waals surface area contributed by atoms with Gasteiger partial charge in [0.05, 0.1) is 18.2 Å². The average molecular weight is 360 g/mol. The summed E-state index contributed by atoms with van der Waals surface area (Å²) in [7, 11) is 0. The van der Waals surface area contributed by atoms with E-state index in [0.717, 1.165) is 17.5 Å². The fourth-order valence-corrected chi connectivity index (χ4v) is 3.38. The van der Waals surface area contributed by atoms with Crippen LogP contribution in [0.3, 0.4) is 0 Å². The number of halogens is 1. The van der Waals surface area contributed by atoms with Gasteiger partial charge in [0.2, 0.25) is 0 Å². The number of nitrogens with one attached hydrogen (secondary N) is 1. The van der Waals surface area contributed by atoms with Gasteiger partial charge in [0.15, 0.2) is 0 Å². The summed E-state index contributed by atoms with van der Waals surface area (Å²) < 4.78 is 5.69. The highest BCUT2D eigenvalue weighted by Gasteiger charge is 2.36. The molecule has 5 heteroatoms.